The Bertz CT molecular complexity index is 1250. The molecule has 0 aliphatic heterocycles. The number of rotatable bonds is 15. The van der Waals surface area contributed by atoms with Crippen molar-refractivity contribution >= 4 is 34.6 Å². The van der Waals surface area contributed by atoms with Crippen molar-refractivity contribution in [2.24, 2.45) is 11.5 Å². The Labute approximate surface area is 217 Å². The van der Waals surface area contributed by atoms with E-state index in [0.29, 0.717) is 6.54 Å². The van der Waals surface area contributed by atoms with E-state index in [2.05, 4.69) is 10.6 Å². The van der Waals surface area contributed by atoms with E-state index in [9.17, 15) is 29.8 Å². The van der Waals surface area contributed by atoms with Crippen LogP contribution in [0, 0.1) is 20.2 Å². The maximum Gasteiger partial charge on any atom is 0.296 e. The highest BCUT2D eigenvalue weighted by Crippen LogP contribution is 2.37. The van der Waals surface area contributed by atoms with Gasteiger partial charge in [0.15, 0.2) is 11.4 Å². The number of nitro benzene ring substituents is 2. The van der Waals surface area contributed by atoms with E-state index in [1.165, 1.54) is 19.2 Å². The second-order valence-corrected chi connectivity index (χ2v) is 8.07. The highest BCUT2D eigenvalue weighted by Gasteiger charge is 2.23. The lowest BCUT2D eigenvalue weighted by Gasteiger charge is -2.16. The molecule has 0 spiro atoms. The Morgan fingerprint density at radius 2 is 1.34 bits per heavy atom. The van der Waals surface area contributed by atoms with Crippen molar-refractivity contribution < 1.29 is 28.9 Å². The van der Waals surface area contributed by atoms with Gasteiger partial charge in [-0.05, 0) is 26.2 Å². The quantitative estimate of drug-likeness (QED) is 0.147. The van der Waals surface area contributed by atoms with E-state index < -0.39 is 27.3 Å². The molecule has 0 aliphatic carbocycles. The van der Waals surface area contributed by atoms with Gasteiger partial charge in [0.2, 0.25) is 11.8 Å². The van der Waals surface area contributed by atoms with Gasteiger partial charge in [0.05, 0.1) is 17.0 Å². The number of nitrogens with one attached hydrogen (secondary N) is 2. The van der Waals surface area contributed by atoms with Crippen LogP contribution < -0.4 is 31.6 Å². The van der Waals surface area contributed by atoms with Gasteiger partial charge in [-0.3, -0.25) is 29.8 Å². The SMILES string of the molecule is COc1cc(C(N)=O)cc([N+](=O)[O-])c1NC/C=C/CNc1c(OCCN(C)C)cc(C(N)=O)cc1[N+](=O)[O-]. The number of nitro groups is 2. The molecule has 0 atom stereocenters. The van der Waals surface area contributed by atoms with Gasteiger partial charge in [-0.2, -0.15) is 0 Å². The molecule has 0 saturated carbocycles. The van der Waals surface area contributed by atoms with E-state index in [-0.39, 0.29) is 59.4 Å². The summed E-state index contributed by atoms with van der Waals surface area (Å²) in [4.78, 5) is 46.8. The zero-order valence-corrected chi connectivity index (χ0v) is 21.1. The lowest BCUT2D eigenvalue weighted by atomic mass is 10.1. The lowest BCUT2D eigenvalue weighted by molar-refractivity contribution is -0.384. The number of hydrogen-bond acceptors (Lipinski definition) is 11. The Morgan fingerprint density at radius 1 is 0.895 bits per heavy atom. The van der Waals surface area contributed by atoms with E-state index in [1.807, 2.05) is 19.0 Å². The predicted octanol–water partition coefficient (Wildman–Crippen LogP) is 1.73. The number of anilines is 2. The summed E-state index contributed by atoms with van der Waals surface area (Å²) >= 11 is 0. The van der Waals surface area contributed by atoms with Crippen LogP contribution >= 0.6 is 0 Å². The highest BCUT2D eigenvalue weighted by molar-refractivity contribution is 5.96. The first-order valence-electron chi connectivity index (χ1n) is 11.1. The number of benzene rings is 2. The van der Waals surface area contributed by atoms with Gasteiger partial charge in [-0.1, -0.05) is 12.2 Å². The number of carbonyl (C=O) groups excluding carboxylic acids is 2. The van der Waals surface area contributed by atoms with E-state index >= 15 is 0 Å². The Morgan fingerprint density at radius 3 is 1.74 bits per heavy atom. The minimum absolute atomic E-state index is 0.0503. The van der Waals surface area contributed by atoms with Gasteiger partial charge in [-0.15, -0.1) is 0 Å². The fourth-order valence-electron chi connectivity index (χ4n) is 3.23. The van der Waals surface area contributed by atoms with E-state index in [1.54, 1.807) is 12.2 Å². The first-order valence-corrected chi connectivity index (χ1v) is 11.1. The third kappa shape index (κ3) is 7.79. The smallest absolute Gasteiger partial charge is 0.296 e. The van der Waals surface area contributed by atoms with Crippen LogP contribution in [0.5, 0.6) is 11.5 Å². The zero-order chi connectivity index (χ0) is 28.4. The number of primary amides is 2. The molecule has 0 fully saturated rings. The summed E-state index contributed by atoms with van der Waals surface area (Å²) < 4.78 is 10.9. The Kier molecular flexibility index (Phi) is 10.3. The number of hydrogen-bond donors (Lipinski definition) is 4. The summed E-state index contributed by atoms with van der Waals surface area (Å²) in [6.45, 7) is 0.956. The first kappa shape index (κ1) is 29.3. The minimum atomic E-state index is -0.841. The molecule has 6 N–H and O–H groups in total. The topological polar surface area (TPSA) is 218 Å². The number of ether oxygens (including phenoxy) is 2. The monoisotopic (exact) mass is 531 g/mol. The van der Waals surface area contributed by atoms with Crippen molar-refractivity contribution in [3.63, 3.8) is 0 Å². The number of likely N-dealkylation sites (N-methyl/N-ethyl adjacent to an activating group) is 1. The Balaban J connectivity index is 2.19. The molecule has 0 aliphatic rings. The molecule has 0 aromatic heterocycles. The summed E-state index contributed by atoms with van der Waals surface area (Å²) in [6, 6.07) is 4.73. The molecule has 0 saturated heterocycles. The van der Waals surface area contributed by atoms with Crippen molar-refractivity contribution in [2.45, 2.75) is 0 Å². The average molecular weight is 532 g/mol. The molecule has 0 unspecified atom stereocenters. The first-order chi connectivity index (χ1) is 18.0. The molecule has 15 nitrogen and oxygen atoms in total. The lowest BCUT2D eigenvalue weighted by Crippen LogP contribution is -2.20. The second-order valence-electron chi connectivity index (χ2n) is 8.07. The van der Waals surface area contributed by atoms with Crippen LogP contribution in [0.3, 0.4) is 0 Å². The summed E-state index contributed by atoms with van der Waals surface area (Å²) in [5, 5.41) is 28.9. The molecule has 204 valence electrons. The van der Waals surface area contributed by atoms with Gasteiger partial charge < -0.3 is 36.5 Å². The van der Waals surface area contributed by atoms with Crippen molar-refractivity contribution in [1.82, 2.24) is 4.90 Å². The summed E-state index contributed by atoms with van der Waals surface area (Å²) in [6.07, 6.45) is 3.24. The molecule has 0 heterocycles. The van der Waals surface area contributed by atoms with Crippen LogP contribution in [0.1, 0.15) is 20.7 Å². The standard InChI is InChI=1S/C23H29N7O8/c1-28(2)8-9-38-19-13-15(23(25)32)11-17(30(35)36)21(19)27-7-5-4-6-26-20-16(29(33)34)10-14(22(24)31)12-18(20)37-3/h4-5,10-13,26-27H,6-9H2,1-3H3,(H2,24,31)(H2,25,32)/b5-4+. The number of methoxy groups -OCH3 is 1. The molecule has 0 bridgehead atoms. The largest absolute Gasteiger partial charge is 0.494 e. The molecular formula is C23H29N7O8. The molecular weight excluding hydrogens is 502 g/mol. The third-order valence-electron chi connectivity index (χ3n) is 5.10. The predicted molar refractivity (Wildman–Crippen MR) is 140 cm³/mol. The maximum absolute atomic E-state index is 11.7. The number of nitrogens with two attached hydrogens (primary N) is 2. The maximum atomic E-state index is 11.7. The number of nitrogens with zero attached hydrogens (tertiary/aromatic N) is 3. The number of amides is 2. The second kappa shape index (κ2) is 13.4. The van der Waals surface area contributed by atoms with Gasteiger partial charge >= 0.3 is 0 Å². The van der Waals surface area contributed by atoms with Gasteiger partial charge in [0, 0.05) is 42.9 Å². The molecule has 38 heavy (non-hydrogen) atoms. The average Bonchev–Trinajstić information content (AvgIpc) is 2.85. The van der Waals surface area contributed by atoms with Crippen LogP contribution in [0.25, 0.3) is 0 Å². The van der Waals surface area contributed by atoms with Crippen molar-refractivity contribution in [1.29, 1.82) is 0 Å². The van der Waals surface area contributed by atoms with Crippen LogP contribution in [0.15, 0.2) is 36.4 Å². The summed E-state index contributed by atoms with van der Waals surface area (Å²) in [5.74, 6) is -1.52. The molecule has 2 aromatic rings. The number of carbonyl (C=O) groups is 2. The minimum Gasteiger partial charge on any atom is -0.494 e. The van der Waals surface area contributed by atoms with Crippen molar-refractivity contribution in [3.8, 4) is 11.5 Å². The van der Waals surface area contributed by atoms with Crippen molar-refractivity contribution in [3.05, 3.63) is 67.8 Å². The van der Waals surface area contributed by atoms with Crippen molar-refractivity contribution in [2.75, 3.05) is 58.1 Å². The molecule has 15 heteroatoms. The third-order valence-corrected chi connectivity index (χ3v) is 5.10. The highest BCUT2D eigenvalue weighted by atomic mass is 16.6. The van der Waals surface area contributed by atoms with Crippen LogP contribution in [-0.4, -0.2) is 74.0 Å². The summed E-state index contributed by atoms with van der Waals surface area (Å²) in [5.41, 5.74) is 9.74. The van der Waals surface area contributed by atoms with E-state index in [0.717, 1.165) is 12.1 Å². The molecule has 2 amide bonds. The fraction of sp³-hybridized carbons (Fsp3) is 0.304. The van der Waals surface area contributed by atoms with Crippen LogP contribution in [0.4, 0.5) is 22.7 Å². The van der Waals surface area contributed by atoms with Gasteiger partial charge in [-0.25, -0.2) is 0 Å². The molecule has 0 radical (unpaired) electrons. The van der Waals surface area contributed by atoms with Gasteiger partial charge in [0.25, 0.3) is 11.4 Å². The van der Waals surface area contributed by atoms with Crippen LogP contribution in [0.2, 0.25) is 0 Å². The molecule has 2 aromatic carbocycles. The molecule has 2 rings (SSSR count). The van der Waals surface area contributed by atoms with E-state index in [4.69, 9.17) is 20.9 Å². The van der Waals surface area contributed by atoms with Gasteiger partial charge in [0.1, 0.15) is 18.1 Å². The normalized spacial score (nSPS) is 10.8. The zero-order valence-electron chi connectivity index (χ0n) is 21.1. The summed E-state index contributed by atoms with van der Waals surface area (Å²) in [7, 11) is 4.96. The Hall–Kier alpha value is -4.92. The van der Waals surface area contributed by atoms with Crippen LogP contribution in [-0.2, 0) is 0 Å². The fourth-order valence-corrected chi connectivity index (χ4v) is 3.23.